The summed E-state index contributed by atoms with van der Waals surface area (Å²) in [7, 11) is 1.36. The van der Waals surface area contributed by atoms with Crippen molar-refractivity contribution in [1.29, 1.82) is 0 Å². The van der Waals surface area contributed by atoms with E-state index in [-0.39, 0.29) is 11.9 Å². The molecule has 3 nitrogen and oxygen atoms in total. The minimum atomic E-state index is -0.510. The third kappa shape index (κ3) is 4.13. The van der Waals surface area contributed by atoms with E-state index in [1.807, 2.05) is 6.92 Å². The Morgan fingerprint density at radius 2 is 2.17 bits per heavy atom. The minimum absolute atomic E-state index is 0.232. The Morgan fingerprint density at radius 3 is 2.50 bits per heavy atom. The van der Waals surface area contributed by atoms with Crippen LogP contribution < -0.4 is 0 Å². The zero-order valence-corrected chi connectivity index (χ0v) is 7.78. The van der Waals surface area contributed by atoms with Crippen molar-refractivity contribution in [2.24, 2.45) is 5.92 Å². The molecule has 70 valence electrons. The van der Waals surface area contributed by atoms with Crippen LogP contribution in [0.4, 0.5) is 0 Å². The molecule has 0 aromatic heterocycles. The molecular formula is C9H16O3. The molecule has 0 unspecified atom stereocenters. The van der Waals surface area contributed by atoms with Crippen LogP contribution in [-0.4, -0.2) is 24.3 Å². The third-order valence-corrected chi connectivity index (χ3v) is 1.57. The maximum Gasteiger partial charge on any atom is 0.312 e. The van der Waals surface area contributed by atoms with Gasteiger partial charge in [-0.15, -0.1) is 0 Å². The van der Waals surface area contributed by atoms with Gasteiger partial charge in [0.2, 0.25) is 0 Å². The van der Waals surface area contributed by atoms with E-state index in [1.54, 1.807) is 19.1 Å². The van der Waals surface area contributed by atoms with Crippen molar-refractivity contribution in [3.8, 4) is 0 Å². The first-order valence-electron chi connectivity index (χ1n) is 4.06. The van der Waals surface area contributed by atoms with Crippen molar-refractivity contribution >= 4 is 5.97 Å². The quantitative estimate of drug-likeness (QED) is 0.510. The van der Waals surface area contributed by atoms with Crippen LogP contribution in [0.5, 0.6) is 0 Å². The second kappa shape index (κ2) is 5.77. The molecule has 0 amide bonds. The first-order chi connectivity index (χ1) is 5.61. The number of aliphatic hydroxyl groups is 1. The number of hydrogen-bond acceptors (Lipinski definition) is 3. The zero-order valence-electron chi connectivity index (χ0n) is 7.78. The van der Waals surface area contributed by atoms with Gasteiger partial charge >= 0.3 is 5.97 Å². The van der Waals surface area contributed by atoms with Crippen LogP contribution in [0.3, 0.4) is 0 Å². The highest BCUT2D eigenvalue weighted by molar-refractivity contribution is 5.74. The second-order valence-electron chi connectivity index (χ2n) is 2.66. The lowest BCUT2D eigenvalue weighted by Gasteiger charge is -2.06. The maximum atomic E-state index is 11.0. The van der Waals surface area contributed by atoms with Gasteiger partial charge in [-0.25, -0.2) is 0 Å². The van der Waals surface area contributed by atoms with Crippen LogP contribution in [0, 0.1) is 5.92 Å². The molecule has 2 atom stereocenters. The highest BCUT2D eigenvalue weighted by Gasteiger charge is 2.12. The summed E-state index contributed by atoms with van der Waals surface area (Å²) in [6, 6.07) is 0. The molecule has 0 saturated carbocycles. The summed E-state index contributed by atoms with van der Waals surface area (Å²) < 4.78 is 4.56. The molecule has 0 aromatic rings. The fourth-order valence-corrected chi connectivity index (χ4v) is 0.828. The van der Waals surface area contributed by atoms with E-state index >= 15 is 0 Å². The molecule has 0 radical (unpaired) electrons. The Morgan fingerprint density at radius 1 is 1.58 bits per heavy atom. The first-order valence-corrected chi connectivity index (χ1v) is 4.06. The number of carbonyl (C=O) groups excluding carboxylic acids is 1. The van der Waals surface area contributed by atoms with Gasteiger partial charge in [-0.05, 0) is 13.3 Å². The van der Waals surface area contributed by atoms with Gasteiger partial charge in [-0.3, -0.25) is 4.79 Å². The normalized spacial score (nSPS) is 16.0. The molecule has 0 aromatic carbocycles. The van der Waals surface area contributed by atoms with E-state index in [4.69, 9.17) is 5.11 Å². The molecule has 1 N–H and O–H groups in total. The number of rotatable bonds is 4. The van der Waals surface area contributed by atoms with Crippen molar-refractivity contribution in [3.05, 3.63) is 12.2 Å². The van der Waals surface area contributed by atoms with E-state index in [0.29, 0.717) is 6.42 Å². The average Bonchev–Trinajstić information content (AvgIpc) is 2.04. The van der Waals surface area contributed by atoms with E-state index < -0.39 is 6.10 Å². The molecule has 12 heavy (non-hydrogen) atoms. The van der Waals surface area contributed by atoms with Crippen LogP contribution in [-0.2, 0) is 9.53 Å². The summed E-state index contributed by atoms with van der Waals surface area (Å²) in [6.07, 6.45) is 3.45. The predicted octanol–water partition coefficient (Wildman–Crippen LogP) is 1.12. The maximum absolute atomic E-state index is 11.0. The van der Waals surface area contributed by atoms with Crippen molar-refractivity contribution in [3.63, 3.8) is 0 Å². The number of aliphatic hydroxyl groups excluding tert-OH is 1. The number of methoxy groups -OCH3 is 1. The second-order valence-corrected chi connectivity index (χ2v) is 2.66. The van der Waals surface area contributed by atoms with E-state index in [9.17, 15) is 4.79 Å². The van der Waals surface area contributed by atoms with Gasteiger partial charge < -0.3 is 9.84 Å². The fourth-order valence-electron chi connectivity index (χ4n) is 0.828. The predicted molar refractivity (Wildman–Crippen MR) is 46.6 cm³/mol. The van der Waals surface area contributed by atoms with Crippen LogP contribution >= 0.6 is 0 Å². The molecule has 0 aliphatic carbocycles. The lowest BCUT2D eigenvalue weighted by molar-refractivity contribution is -0.143. The molecule has 0 spiro atoms. The summed E-state index contributed by atoms with van der Waals surface area (Å²) in [5.41, 5.74) is 0. The molecule has 0 fully saturated rings. The highest BCUT2D eigenvalue weighted by atomic mass is 16.5. The summed E-state index contributed by atoms with van der Waals surface area (Å²) in [6.45, 7) is 3.54. The van der Waals surface area contributed by atoms with Crippen molar-refractivity contribution in [2.75, 3.05) is 7.11 Å². The average molecular weight is 172 g/mol. The molecule has 0 rings (SSSR count). The Hall–Kier alpha value is -0.830. The molecule has 0 aliphatic heterocycles. The number of carbonyl (C=O) groups is 1. The monoisotopic (exact) mass is 172 g/mol. The Balaban J connectivity index is 4.08. The standard InChI is InChI=1S/C9H16O3/c1-4-8(9(11)12-3)6-5-7(2)10/h5-8,10H,4H2,1-3H3/t7-,8+/m0/s1. The minimum Gasteiger partial charge on any atom is -0.469 e. The highest BCUT2D eigenvalue weighted by Crippen LogP contribution is 2.06. The number of esters is 1. The molecule has 0 aliphatic rings. The van der Waals surface area contributed by atoms with Gasteiger partial charge in [0.15, 0.2) is 0 Å². The van der Waals surface area contributed by atoms with Crippen LogP contribution in [0.25, 0.3) is 0 Å². The number of ether oxygens (including phenoxy) is 1. The SMILES string of the molecule is CC[C@H](C=C[C@H](C)O)C(=O)OC. The smallest absolute Gasteiger partial charge is 0.312 e. The Kier molecular flexibility index (Phi) is 5.37. The topological polar surface area (TPSA) is 46.5 Å². The molecular weight excluding hydrogens is 156 g/mol. The first kappa shape index (κ1) is 11.2. The molecule has 3 heteroatoms. The van der Waals surface area contributed by atoms with Crippen LogP contribution in [0.1, 0.15) is 20.3 Å². The summed E-state index contributed by atoms with van der Waals surface area (Å²) in [4.78, 5) is 11.0. The van der Waals surface area contributed by atoms with Crippen LogP contribution in [0.15, 0.2) is 12.2 Å². The van der Waals surface area contributed by atoms with Crippen LogP contribution in [0.2, 0.25) is 0 Å². The lowest BCUT2D eigenvalue weighted by atomic mass is 10.1. The van der Waals surface area contributed by atoms with Gasteiger partial charge in [0, 0.05) is 0 Å². The van der Waals surface area contributed by atoms with Gasteiger partial charge in [0.1, 0.15) is 0 Å². The zero-order chi connectivity index (χ0) is 9.56. The van der Waals surface area contributed by atoms with E-state index in [0.717, 1.165) is 0 Å². The fraction of sp³-hybridized carbons (Fsp3) is 0.667. The Bertz CT molecular complexity index is 161. The Labute approximate surface area is 73.0 Å². The van der Waals surface area contributed by atoms with Gasteiger partial charge in [-0.2, -0.15) is 0 Å². The molecule has 0 bridgehead atoms. The van der Waals surface area contributed by atoms with Crippen molar-refractivity contribution < 1.29 is 14.6 Å². The third-order valence-electron chi connectivity index (χ3n) is 1.57. The van der Waals surface area contributed by atoms with E-state index in [1.165, 1.54) is 7.11 Å². The lowest BCUT2D eigenvalue weighted by Crippen LogP contribution is -2.13. The summed E-state index contributed by atoms with van der Waals surface area (Å²) in [5.74, 6) is -0.487. The van der Waals surface area contributed by atoms with E-state index in [2.05, 4.69) is 4.74 Å². The van der Waals surface area contributed by atoms with Gasteiger partial charge in [0.25, 0.3) is 0 Å². The summed E-state index contributed by atoms with van der Waals surface area (Å²) >= 11 is 0. The largest absolute Gasteiger partial charge is 0.469 e. The van der Waals surface area contributed by atoms with Crippen molar-refractivity contribution in [2.45, 2.75) is 26.4 Å². The molecule has 0 heterocycles. The van der Waals surface area contributed by atoms with Gasteiger partial charge in [0.05, 0.1) is 19.1 Å². The molecule has 0 saturated heterocycles. The number of hydrogen-bond donors (Lipinski definition) is 1. The van der Waals surface area contributed by atoms with Crippen molar-refractivity contribution in [1.82, 2.24) is 0 Å². The summed E-state index contributed by atoms with van der Waals surface area (Å²) in [5, 5.41) is 8.91. The van der Waals surface area contributed by atoms with Gasteiger partial charge in [-0.1, -0.05) is 19.1 Å².